The number of urea groups is 1. The van der Waals surface area contributed by atoms with Crippen molar-refractivity contribution in [2.75, 3.05) is 36.4 Å². The second-order valence-corrected chi connectivity index (χ2v) is 7.90. The van der Waals surface area contributed by atoms with Gasteiger partial charge in [-0.3, -0.25) is 0 Å². The van der Waals surface area contributed by atoms with Gasteiger partial charge in [-0.25, -0.2) is 18.6 Å². The zero-order valence-electron chi connectivity index (χ0n) is 15.6. The van der Waals surface area contributed by atoms with Crippen LogP contribution >= 0.6 is 11.3 Å². The normalized spacial score (nSPS) is 14.6. The molecule has 1 fully saturated rings. The maximum absolute atomic E-state index is 13.7. The lowest BCUT2D eigenvalue weighted by Gasteiger charge is -2.34. The minimum Gasteiger partial charge on any atom is -0.345 e. The zero-order valence-corrected chi connectivity index (χ0v) is 16.4. The fourth-order valence-corrected chi connectivity index (χ4v) is 4.47. The lowest BCUT2D eigenvalue weighted by atomic mass is 10.1. The van der Waals surface area contributed by atoms with Crippen LogP contribution in [0.25, 0.3) is 10.2 Å². The van der Waals surface area contributed by atoms with Crippen molar-refractivity contribution in [2.24, 2.45) is 0 Å². The molecule has 1 aliphatic heterocycles. The summed E-state index contributed by atoms with van der Waals surface area (Å²) in [4.78, 5) is 20.8. The predicted octanol–water partition coefficient (Wildman–Crippen LogP) is 4.55. The SMILES string of the molecule is Cc1cc(C)c2sc(N3CCN(C(=O)Nc4c(F)cccc4F)CC3)nc2c1. The Morgan fingerprint density at radius 1 is 1.11 bits per heavy atom. The molecule has 0 aliphatic carbocycles. The molecule has 0 atom stereocenters. The van der Waals surface area contributed by atoms with Crippen LogP contribution in [0.4, 0.5) is 24.4 Å². The summed E-state index contributed by atoms with van der Waals surface area (Å²) in [5, 5.41) is 3.28. The standard InChI is InChI=1S/C20H20F2N4OS/c1-12-10-13(2)18-16(11-12)23-20(28-18)26-8-6-25(7-9-26)19(27)24-17-14(21)4-3-5-15(17)22/h3-5,10-11H,6-9H2,1-2H3,(H,24,27). The Balaban J connectivity index is 1.43. The molecular formula is C20H20F2N4OS. The number of thiazole rings is 1. The fraction of sp³-hybridized carbons (Fsp3) is 0.300. The number of hydrogen-bond donors (Lipinski definition) is 1. The Bertz CT molecular complexity index is 1020. The number of nitrogens with zero attached hydrogens (tertiary/aromatic N) is 3. The van der Waals surface area contributed by atoms with Crippen LogP contribution in [0.15, 0.2) is 30.3 Å². The molecular weight excluding hydrogens is 382 g/mol. The van der Waals surface area contributed by atoms with Crippen LogP contribution in [-0.2, 0) is 0 Å². The van der Waals surface area contributed by atoms with Crippen molar-refractivity contribution in [3.05, 3.63) is 53.1 Å². The number of carbonyl (C=O) groups excluding carboxylic acids is 1. The van der Waals surface area contributed by atoms with Crippen LogP contribution in [0.2, 0.25) is 0 Å². The first-order valence-electron chi connectivity index (χ1n) is 9.05. The number of carbonyl (C=O) groups is 1. The number of anilines is 2. The molecule has 1 N–H and O–H groups in total. The highest BCUT2D eigenvalue weighted by molar-refractivity contribution is 7.22. The summed E-state index contributed by atoms with van der Waals surface area (Å²) in [5.41, 5.74) is 2.98. The molecule has 28 heavy (non-hydrogen) atoms. The molecule has 1 saturated heterocycles. The third-order valence-corrected chi connectivity index (χ3v) is 6.11. The van der Waals surface area contributed by atoms with Gasteiger partial charge in [-0.2, -0.15) is 0 Å². The Labute approximate surface area is 165 Å². The first kappa shape index (κ1) is 18.6. The van der Waals surface area contributed by atoms with Crippen LogP contribution < -0.4 is 10.2 Å². The molecule has 1 aliphatic rings. The van der Waals surface area contributed by atoms with E-state index in [0.717, 1.165) is 22.8 Å². The topological polar surface area (TPSA) is 48.5 Å². The minimum absolute atomic E-state index is 0.410. The Morgan fingerprint density at radius 2 is 1.79 bits per heavy atom. The number of aryl methyl sites for hydroxylation is 2. The Morgan fingerprint density at radius 3 is 2.46 bits per heavy atom. The smallest absolute Gasteiger partial charge is 0.322 e. The van der Waals surface area contributed by atoms with E-state index in [-0.39, 0.29) is 0 Å². The minimum atomic E-state index is -0.785. The highest BCUT2D eigenvalue weighted by Crippen LogP contribution is 2.32. The van der Waals surface area contributed by atoms with E-state index >= 15 is 0 Å². The third-order valence-electron chi connectivity index (χ3n) is 4.84. The number of halogens is 2. The number of rotatable bonds is 2. The van der Waals surface area contributed by atoms with Gasteiger partial charge in [0.05, 0.1) is 10.2 Å². The molecule has 0 unspecified atom stereocenters. The predicted molar refractivity (Wildman–Crippen MR) is 108 cm³/mol. The molecule has 146 valence electrons. The van der Waals surface area contributed by atoms with Gasteiger partial charge in [0.2, 0.25) is 0 Å². The number of piperazine rings is 1. The Kier molecular flexibility index (Phi) is 4.89. The summed E-state index contributed by atoms with van der Waals surface area (Å²) in [6.07, 6.45) is 0. The van der Waals surface area contributed by atoms with Crippen molar-refractivity contribution in [3.8, 4) is 0 Å². The molecule has 3 aromatic rings. The van der Waals surface area contributed by atoms with Crippen molar-refractivity contribution in [2.45, 2.75) is 13.8 Å². The van der Waals surface area contributed by atoms with Gasteiger partial charge in [0.1, 0.15) is 17.3 Å². The fourth-order valence-electron chi connectivity index (χ4n) is 3.40. The quantitative estimate of drug-likeness (QED) is 0.684. The number of nitrogens with one attached hydrogen (secondary N) is 1. The first-order valence-corrected chi connectivity index (χ1v) is 9.86. The second-order valence-electron chi connectivity index (χ2n) is 6.93. The zero-order chi connectivity index (χ0) is 19.8. The largest absolute Gasteiger partial charge is 0.345 e. The molecule has 2 aromatic carbocycles. The molecule has 0 bridgehead atoms. The van der Waals surface area contributed by atoms with Crippen molar-refractivity contribution in [3.63, 3.8) is 0 Å². The lowest BCUT2D eigenvalue weighted by molar-refractivity contribution is 0.208. The van der Waals surface area contributed by atoms with E-state index in [2.05, 4.69) is 36.2 Å². The molecule has 0 spiro atoms. The summed E-state index contributed by atoms with van der Waals surface area (Å²) in [7, 11) is 0. The number of fused-ring (bicyclic) bond motifs is 1. The van der Waals surface area contributed by atoms with Gasteiger partial charge in [-0.1, -0.05) is 23.5 Å². The number of para-hydroxylation sites is 1. The lowest BCUT2D eigenvalue weighted by Crippen LogP contribution is -2.50. The van der Waals surface area contributed by atoms with Crippen LogP contribution in [0, 0.1) is 25.5 Å². The van der Waals surface area contributed by atoms with E-state index in [1.54, 1.807) is 16.2 Å². The highest BCUT2D eigenvalue weighted by Gasteiger charge is 2.24. The number of amides is 2. The summed E-state index contributed by atoms with van der Waals surface area (Å²) in [6, 6.07) is 7.23. The highest BCUT2D eigenvalue weighted by atomic mass is 32.1. The van der Waals surface area contributed by atoms with E-state index in [0.29, 0.717) is 26.2 Å². The molecule has 0 saturated carbocycles. The van der Waals surface area contributed by atoms with E-state index in [1.807, 2.05) is 0 Å². The van der Waals surface area contributed by atoms with Crippen molar-refractivity contribution in [1.82, 2.24) is 9.88 Å². The Hall–Kier alpha value is -2.74. The summed E-state index contributed by atoms with van der Waals surface area (Å²) in [5.74, 6) is -1.57. The van der Waals surface area contributed by atoms with Gasteiger partial charge in [0.25, 0.3) is 0 Å². The van der Waals surface area contributed by atoms with Crippen LogP contribution in [0.3, 0.4) is 0 Å². The molecule has 5 nitrogen and oxygen atoms in total. The summed E-state index contributed by atoms with van der Waals surface area (Å²) < 4.78 is 28.6. The van der Waals surface area contributed by atoms with E-state index in [9.17, 15) is 13.6 Å². The van der Waals surface area contributed by atoms with Gasteiger partial charge in [-0.15, -0.1) is 0 Å². The van der Waals surface area contributed by atoms with Gasteiger partial charge in [0, 0.05) is 26.2 Å². The maximum Gasteiger partial charge on any atom is 0.322 e. The van der Waals surface area contributed by atoms with Crippen LogP contribution in [0.5, 0.6) is 0 Å². The van der Waals surface area contributed by atoms with E-state index in [1.165, 1.54) is 21.9 Å². The van der Waals surface area contributed by atoms with Crippen molar-refractivity contribution >= 4 is 38.4 Å². The van der Waals surface area contributed by atoms with Crippen LogP contribution in [0.1, 0.15) is 11.1 Å². The third kappa shape index (κ3) is 3.52. The molecule has 4 rings (SSSR count). The van der Waals surface area contributed by atoms with Crippen molar-refractivity contribution in [1.29, 1.82) is 0 Å². The van der Waals surface area contributed by atoms with E-state index < -0.39 is 23.4 Å². The maximum atomic E-state index is 13.7. The number of hydrogen-bond acceptors (Lipinski definition) is 4. The molecule has 2 amide bonds. The van der Waals surface area contributed by atoms with Gasteiger partial charge >= 0.3 is 6.03 Å². The van der Waals surface area contributed by atoms with Crippen molar-refractivity contribution < 1.29 is 13.6 Å². The second kappa shape index (κ2) is 7.35. The van der Waals surface area contributed by atoms with E-state index in [4.69, 9.17) is 4.98 Å². The summed E-state index contributed by atoms with van der Waals surface area (Å²) >= 11 is 1.65. The molecule has 2 heterocycles. The molecule has 0 radical (unpaired) electrons. The average Bonchev–Trinajstić information content (AvgIpc) is 3.09. The van der Waals surface area contributed by atoms with Gasteiger partial charge in [0.15, 0.2) is 5.13 Å². The number of aromatic nitrogens is 1. The van der Waals surface area contributed by atoms with Crippen LogP contribution in [-0.4, -0.2) is 42.1 Å². The average molecular weight is 402 g/mol. The molecule has 8 heteroatoms. The molecule has 1 aromatic heterocycles. The first-order chi connectivity index (χ1) is 13.4. The van der Waals surface area contributed by atoms with Gasteiger partial charge in [-0.05, 0) is 43.2 Å². The monoisotopic (exact) mass is 402 g/mol. The number of benzene rings is 2. The van der Waals surface area contributed by atoms with Gasteiger partial charge < -0.3 is 15.1 Å². The summed E-state index contributed by atoms with van der Waals surface area (Å²) in [6.45, 7) is 6.28.